The van der Waals surface area contributed by atoms with Crippen molar-refractivity contribution in [3.05, 3.63) is 71.8 Å². The lowest BCUT2D eigenvalue weighted by molar-refractivity contribution is -0.157. The number of amides is 1. The van der Waals surface area contributed by atoms with E-state index in [0.717, 1.165) is 26.0 Å². The number of carbonyl (C=O) groups is 6. The molecular formula is C32H31NO14. The first-order chi connectivity index (χ1) is 22.4. The van der Waals surface area contributed by atoms with Crippen LogP contribution in [0.5, 0.6) is 28.7 Å². The normalized spacial score (nSPS) is 11.6. The topological polar surface area (TPSA) is 199 Å². The van der Waals surface area contributed by atoms with Crippen LogP contribution in [0.3, 0.4) is 0 Å². The molecule has 2 N–H and O–H groups in total. The number of carboxylic acid groups (broad SMARTS) is 1. The van der Waals surface area contributed by atoms with Crippen molar-refractivity contribution in [2.75, 3.05) is 26.1 Å². The predicted octanol–water partition coefficient (Wildman–Crippen LogP) is 3.43. The van der Waals surface area contributed by atoms with Crippen molar-refractivity contribution in [1.82, 2.24) is 0 Å². The Balaban J connectivity index is 1.97. The van der Waals surface area contributed by atoms with Crippen molar-refractivity contribution >= 4 is 41.4 Å². The Morgan fingerprint density at radius 1 is 0.681 bits per heavy atom. The summed E-state index contributed by atoms with van der Waals surface area (Å²) in [5.74, 6) is -6.41. The van der Waals surface area contributed by atoms with Crippen molar-refractivity contribution in [2.24, 2.45) is 0 Å². The molecule has 0 aromatic heterocycles. The number of carbonyl (C=O) groups excluding carboxylic acids is 5. The van der Waals surface area contributed by atoms with E-state index in [1.54, 1.807) is 19.1 Å². The van der Waals surface area contributed by atoms with Crippen LogP contribution in [-0.2, 0) is 28.7 Å². The average molecular weight is 654 g/mol. The summed E-state index contributed by atoms with van der Waals surface area (Å²) in [5.41, 5.74) is -0.294. The fourth-order valence-electron chi connectivity index (χ4n) is 3.94. The van der Waals surface area contributed by atoms with Crippen LogP contribution in [-0.4, -0.2) is 73.9 Å². The van der Waals surface area contributed by atoms with Gasteiger partial charge in [0.05, 0.1) is 32.0 Å². The lowest BCUT2D eigenvalue weighted by Gasteiger charge is -2.24. The Morgan fingerprint density at radius 3 is 1.55 bits per heavy atom. The Bertz CT molecular complexity index is 1650. The van der Waals surface area contributed by atoms with Gasteiger partial charge in [-0.3, -0.25) is 14.4 Å². The van der Waals surface area contributed by atoms with Crippen LogP contribution < -0.4 is 29.0 Å². The maximum Gasteiger partial charge on any atom is 0.349 e. The molecule has 0 fully saturated rings. The fourth-order valence-corrected chi connectivity index (χ4v) is 3.94. The van der Waals surface area contributed by atoms with E-state index >= 15 is 0 Å². The minimum absolute atomic E-state index is 0.0196. The van der Waals surface area contributed by atoms with Gasteiger partial charge in [-0.25, -0.2) is 14.4 Å². The monoisotopic (exact) mass is 653 g/mol. The number of anilines is 1. The number of nitrogens with one attached hydrogen (secondary N) is 1. The molecule has 0 saturated heterocycles. The standard InChI is InChI=1S/C32H31NO14/c1-6-43-22-11-9-21(10-12-22)33-29(36)27(46-31(39)19-7-13-23(44-17(2)34)25(15-19)41-4)28(30(37)38)47-32(40)20-8-14-24(45-18(3)35)26(16-20)42-5/h7-16,27-28H,6H2,1-5H3,(H,33,36)(H,37,38)/t27-,28-/m1/s1. The van der Waals surface area contributed by atoms with Crippen molar-refractivity contribution in [2.45, 2.75) is 33.0 Å². The second kappa shape index (κ2) is 16.3. The van der Waals surface area contributed by atoms with Gasteiger partial charge in [0.2, 0.25) is 12.2 Å². The number of esters is 4. The number of methoxy groups -OCH3 is 2. The number of hydrogen-bond donors (Lipinski definition) is 2. The van der Waals surface area contributed by atoms with Gasteiger partial charge in [-0.15, -0.1) is 0 Å². The highest BCUT2D eigenvalue weighted by molar-refractivity contribution is 6.01. The maximum atomic E-state index is 13.5. The first-order valence-electron chi connectivity index (χ1n) is 13.8. The highest BCUT2D eigenvalue weighted by Gasteiger charge is 2.41. The van der Waals surface area contributed by atoms with E-state index in [1.165, 1.54) is 50.6 Å². The molecule has 248 valence electrons. The van der Waals surface area contributed by atoms with Crippen molar-refractivity contribution in [3.63, 3.8) is 0 Å². The van der Waals surface area contributed by atoms with Crippen LogP contribution in [0, 0.1) is 0 Å². The second-order valence-corrected chi connectivity index (χ2v) is 9.36. The molecule has 0 bridgehead atoms. The van der Waals surface area contributed by atoms with Gasteiger partial charge in [-0.1, -0.05) is 0 Å². The number of hydrogen-bond acceptors (Lipinski definition) is 13. The summed E-state index contributed by atoms with van der Waals surface area (Å²) in [7, 11) is 2.49. The van der Waals surface area contributed by atoms with E-state index in [1.807, 2.05) is 0 Å². The zero-order chi connectivity index (χ0) is 34.7. The summed E-state index contributed by atoms with van der Waals surface area (Å²) < 4.78 is 36.2. The Kier molecular flexibility index (Phi) is 12.2. The van der Waals surface area contributed by atoms with Crippen molar-refractivity contribution in [1.29, 1.82) is 0 Å². The third-order valence-electron chi connectivity index (χ3n) is 5.98. The SMILES string of the molecule is CCOc1ccc(NC(=O)[C@H](OC(=O)c2ccc(OC(C)=O)c(OC)c2)[C@@H](OC(=O)c2ccc(OC(C)=O)c(OC)c2)C(=O)O)cc1. The minimum Gasteiger partial charge on any atom is -0.494 e. The van der Waals surface area contributed by atoms with Gasteiger partial charge < -0.3 is 43.6 Å². The summed E-state index contributed by atoms with van der Waals surface area (Å²) in [6, 6.07) is 13.1. The fraction of sp³-hybridized carbons (Fsp3) is 0.250. The zero-order valence-corrected chi connectivity index (χ0v) is 25.9. The van der Waals surface area contributed by atoms with Crippen LogP contribution in [0.15, 0.2) is 60.7 Å². The van der Waals surface area contributed by atoms with Crippen LogP contribution in [0.25, 0.3) is 0 Å². The van der Waals surface area contributed by atoms with Crippen LogP contribution in [0.1, 0.15) is 41.5 Å². The smallest absolute Gasteiger partial charge is 0.349 e. The largest absolute Gasteiger partial charge is 0.494 e. The van der Waals surface area contributed by atoms with Gasteiger partial charge in [0.1, 0.15) is 5.75 Å². The molecule has 0 aliphatic heterocycles. The van der Waals surface area contributed by atoms with Gasteiger partial charge in [0.15, 0.2) is 23.0 Å². The Labute approximate surface area is 268 Å². The molecular weight excluding hydrogens is 622 g/mol. The molecule has 47 heavy (non-hydrogen) atoms. The first-order valence-corrected chi connectivity index (χ1v) is 13.8. The lowest BCUT2D eigenvalue weighted by atomic mass is 10.1. The van der Waals surface area contributed by atoms with Gasteiger partial charge in [-0.05, 0) is 67.6 Å². The number of benzene rings is 3. The third-order valence-corrected chi connectivity index (χ3v) is 5.98. The number of aliphatic carboxylic acids is 1. The molecule has 3 rings (SSSR count). The van der Waals surface area contributed by atoms with Gasteiger partial charge in [-0.2, -0.15) is 0 Å². The van der Waals surface area contributed by atoms with E-state index in [9.17, 15) is 33.9 Å². The van der Waals surface area contributed by atoms with Gasteiger partial charge >= 0.3 is 29.8 Å². The summed E-state index contributed by atoms with van der Waals surface area (Å²) in [4.78, 5) is 75.0. The molecule has 0 heterocycles. The molecule has 0 unspecified atom stereocenters. The summed E-state index contributed by atoms with van der Waals surface area (Å²) in [6.45, 7) is 4.49. The van der Waals surface area contributed by atoms with Crippen molar-refractivity contribution < 1.29 is 67.0 Å². The van der Waals surface area contributed by atoms with Gasteiger partial charge in [0.25, 0.3) is 5.91 Å². The average Bonchev–Trinajstić information content (AvgIpc) is 3.03. The molecule has 15 heteroatoms. The van der Waals surface area contributed by atoms with Crippen LogP contribution in [0.4, 0.5) is 5.69 Å². The first kappa shape index (κ1) is 35.4. The molecule has 0 radical (unpaired) electrons. The zero-order valence-electron chi connectivity index (χ0n) is 25.9. The molecule has 0 spiro atoms. The third kappa shape index (κ3) is 9.68. The van der Waals surface area contributed by atoms with Crippen LogP contribution >= 0.6 is 0 Å². The number of rotatable bonds is 14. The summed E-state index contributed by atoms with van der Waals surface area (Å²) in [5, 5.41) is 12.5. The molecule has 15 nitrogen and oxygen atoms in total. The Morgan fingerprint density at radius 2 is 1.15 bits per heavy atom. The summed E-state index contributed by atoms with van der Waals surface area (Å²) in [6.07, 6.45) is -4.60. The van der Waals surface area contributed by atoms with E-state index in [0.29, 0.717) is 12.4 Å². The molecule has 1 amide bonds. The van der Waals surface area contributed by atoms with E-state index in [-0.39, 0.29) is 39.8 Å². The van der Waals surface area contributed by atoms with E-state index < -0.39 is 48.0 Å². The summed E-state index contributed by atoms with van der Waals surface area (Å²) >= 11 is 0. The lowest BCUT2D eigenvalue weighted by Crippen LogP contribution is -2.48. The highest BCUT2D eigenvalue weighted by atomic mass is 16.6. The molecule has 3 aromatic carbocycles. The predicted molar refractivity (Wildman–Crippen MR) is 161 cm³/mol. The maximum absolute atomic E-state index is 13.5. The Hall–Kier alpha value is -6.12. The van der Waals surface area contributed by atoms with Gasteiger partial charge in [0, 0.05) is 19.5 Å². The highest BCUT2D eigenvalue weighted by Crippen LogP contribution is 2.30. The molecule has 3 aromatic rings. The molecule has 0 saturated carbocycles. The second-order valence-electron chi connectivity index (χ2n) is 9.36. The molecule has 0 aliphatic rings. The molecule has 2 atom stereocenters. The van der Waals surface area contributed by atoms with E-state index in [2.05, 4.69) is 5.32 Å². The quantitative estimate of drug-likeness (QED) is 0.189. The van der Waals surface area contributed by atoms with E-state index in [4.69, 9.17) is 33.2 Å². The van der Waals surface area contributed by atoms with Crippen molar-refractivity contribution in [3.8, 4) is 28.7 Å². The number of ether oxygens (including phenoxy) is 7. The minimum atomic E-state index is -2.37. The van der Waals surface area contributed by atoms with Crippen LogP contribution in [0.2, 0.25) is 0 Å². The number of carboxylic acids is 1. The molecule has 0 aliphatic carbocycles.